The Labute approximate surface area is 182 Å². The molecule has 0 aliphatic heterocycles. The summed E-state index contributed by atoms with van der Waals surface area (Å²) in [7, 11) is 0. The van der Waals surface area contributed by atoms with Crippen LogP contribution < -0.4 is 10.6 Å². The number of benzene rings is 2. The lowest BCUT2D eigenvalue weighted by Gasteiger charge is -2.27. The standard InChI is InChI=1S/C25H29F3N2O/c1-4-6-20(7-5-2)23(29)24(31)30(22-14-8-18(3)9-15-22)17-16-19-10-12-21(13-11-19)25(26,27)28/h4,6-15,23H,5,16-17,29H2,1-3H3/b6-4-,20-7+. The minimum Gasteiger partial charge on any atom is -0.316 e. The molecule has 0 bridgehead atoms. The van der Waals surface area contributed by atoms with Gasteiger partial charge >= 0.3 is 6.18 Å². The summed E-state index contributed by atoms with van der Waals surface area (Å²) in [5.74, 6) is -0.256. The van der Waals surface area contributed by atoms with Gasteiger partial charge in [0.2, 0.25) is 5.91 Å². The molecule has 1 unspecified atom stereocenters. The molecule has 0 fully saturated rings. The van der Waals surface area contributed by atoms with E-state index in [1.807, 2.05) is 63.3 Å². The Balaban J connectivity index is 2.27. The van der Waals surface area contributed by atoms with E-state index in [1.54, 1.807) is 4.90 Å². The van der Waals surface area contributed by atoms with Gasteiger partial charge in [-0.1, -0.05) is 55.0 Å². The summed E-state index contributed by atoms with van der Waals surface area (Å²) in [6.07, 6.45) is 2.37. The highest BCUT2D eigenvalue weighted by atomic mass is 19.4. The molecule has 0 aliphatic rings. The van der Waals surface area contributed by atoms with Crippen LogP contribution in [0.4, 0.5) is 18.9 Å². The zero-order chi connectivity index (χ0) is 23.0. The maximum atomic E-state index is 13.3. The summed E-state index contributed by atoms with van der Waals surface area (Å²) in [6, 6.07) is 11.7. The quantitative estimate of drug-likeness (QED) is 0.536. The Bertz CT molecular complexity index is 913. The van der Waals surface area contributed by atoms with Crippen LogP contribution in [0, 0.1) is 6.92 Å². The molecule has 6 heteroatoms. The predicted octanol–water partition coefficient (Wildman–Crippen LogP) is 5.83. The molecule has 2 rings (SSSR count). The van der Waals surface area contributed by atoms with Gasteiger partial charge in [-0.25, -0.2) is 0 Å². The molecule has 0 saturated heterocycles. The summed E-state index contributed by atoms with van der Waals surface area (Å²) in [4.78, 5) is 14.9. The van der Waals surface area contributed by atoms with Crippen molar-refractivity contribution < 1.29 is 18.0 Å². The van der Waals surface area contributed by atoms with Gasteiger partial charge in [-0.05, 0) is 62.1 Å². The van der Waals surface area contributed by atoms with E-state index in [4.69, 9.17) is 5.73 Å². The number of hydrogen-bond acceptors (Lipinski definition) is 2. The summed E-state index contributed by atoms with van der Waals surface area (Å²) in [6.45, 7) is 6.10. The lowest BCUT2D eigenvalue weighted by Crippen LogP contribution is -2.45. The number of anilines is 1. The Hall–Kier alpha value is -2.86. The van der Waals surface area contributed by atoms with E-state index in [9.17, 15) is 18.0 Å². The number of carbonyl (C=O) groups is 1. The lowest BCUT2D eigenvalue weighted by atomic mass is 10.0. The van der Waals surface area contributed by atoms with Crippen molar-refractivity contribution in [2.24, 2.45) is 5.73 Å². The molecule has 2 aromatic carbocycles. The second-order valence-electron chi connectivity index (χ2n) is 7.36. The molecule has 3 nitrogen and oxygen atoms in total. The molecule has 0 heterocycles. The third kappa shape index (κ3) is 6.82. The first kappa shape index (κ1) is 24.4. The van der Waals surface area contributed by atoms with Gasteiger partial charge in [-0.15, -0.1) is 0 Å². The van der Waals surface area contributed by atoms with Gasteiger partial charge in [-0.2, -0.15) is 13.2 Å². The van der Waals surface area contributed by atoms with Gasteiger partial charge in [0.25, 0.3) is 0 Å². The minimum atomic E-state index is -4.37. The number of nitrogens with two attached hydrogens (primary N) is 1. The molecule has 0 aliphatic carbocycles. The van der Waals surface area contributed by atoms with Crippen LogP contribution in [-0.4, -0.2) is 18.5 Å². The van der Waals surface area contributed by atoms with E-state index in [0.717, 1.165) is 29.7 Å². The third-order valence-corrected chi connectivity index (χ3v) is 4.94. The zero-order valence-electron chi connectivity index (χ0n) is 18.1. The average Bonchev–Trinajstić information content (AvgIpc) is 2.74. The van der Waals surface area contributed by atoms with Crippen molar-refractivity contribution in [3.05, 3.63) is 89.0 Å². The van der Waals surface area contributed by atoms with Gasteiger partial charge in [0.15, 0.2) is 0 Å². The van der Waals surface area contributed by atoms with Crippen LogP contribution in [0.25, 0.3) is 0 Å². The Kier molecular flexibility index (Phi) is 8.63. The van der Waals surface area contributed by atoms with Gasteiger partial charge in [0.05, 0.1) is 5.56 Å². The maximum absolute atomic E-state index is 13.3. The Morgan fingerprint density at radius 1 is 1.10 bits per heavy atom. The van der Waals surface area contributed by atoms with Crippen LogP contribution in [0.3, 0.4) is 0 Å². The van der Waals surface area contributed by atoms with Crippen LogP contribution in [-0.2, 0) is 17.4 Å². The highest BCUT2D eigenvalue weighted by Gasteiger charge is 2.30. The van der Waals surface area contributed by atoms with Gasteiger partial charge in [-0.3, -0.25) is 4.79 Å². The molecule has 1 atom stereocenters. The summed E-state index contributed by atoms with van der Waals surface area (Å²) in [5.41, 5.74) is 8.83. The largest absolute Gasteiger partial charge is 0.416 e. The summed E-state index contributed by atoms with van der Waals surface area (Å²) >= 11 is 0. The zero-order valence-corrected chi connectivity index (χ0v) is 18.1. The number of alkyl halides is 3. The van der Waals surface area contributed by atoms with E-state index in [-0.39, 0.29) is 5.91 Å². The van der Waals surface area contributed by atoms with Crippen LogP contribution in [0.15, 0.2) is 72.3 Å². The molecule has 2 N–H and O–H groups in total. The fraction of sp³-hybridized carbons (Fsp3) is 0.320. The number of halogens is 3. The molecule has 166 valence electrons. The molecular weight excluding hydrogens is 401 g/mol. The molecule has 0 spiro atoms. The molecule has 1 amide bonds. The van der Waals surface area contributed by atoms with Gasteiger partial charge < -0.3 is 10.6 Å². The van der Waals surface area contributed by atoms with Crippen molar-refractivity contribution in [1.82, 2.24) is 0 Å². The highest BCUT2D eigenvalue weighted by Crippen LogP contribution is 2.29. The molecule has 0 saturated carbocycles. The van der Waals surface area contributed by atoms with Crippen LogP contribution in [0.2, 0.25) is 0 Å². The number of nitrogens with zero attached hydrogens (tertiary/aromatic N) is 1. The van der Waals surface area contributed by atoms with Crippen molar-refractivity contribution in [3.8, 4) is 0 Å². The number of amides is 1. The van der Waals surface area contributed by atoms with Crippen molar-refractivity contribution in [2.45, 2.75) is 45.8 Å². The van der Waals surface area contributed by atoms with E-state index < -0.39 is 17.8 Å². The third-order valence-electron chi connectivity index (χ3n) is 4.94. The monoisotopic (exact) mass is 430 g/mol. The summed E-state index contributed by atoms with van der Waals surface area (Å²) < 4.78 is 38.4. The van der Waals surface area contributed by atoms with Crippen LogP contribution >= 0.6 is 0 Å². The smallest absolute Gasteiger partial charge is 0.316 e. The molecule has 0 radical (unpaired) electrons. The predicted molar refractivity (Wildman–Crippen MR) is 120 cm³/mol. The maximum Gasteiger partial charge on any atom is 0.416 e. The minimum absolute atomic E-state index is 0.256. The van der Waals surface area contributed by atoms with E-state index in [1.165, 1.54) is 12.1 Å². The number of allylic oxidation sites excluding steroid dienone is 2. The average molecular weight is 431 g/mol. The molecular formula is C25H29F3N2O. The topological polar surface area (TPSA) is 46.3 Å². The molecule has 2 aromatic rings. The fourth-order valence-electron chi connectivity index (χ4n) is 3.23. The first-order valence-corrected chi connectivity index (χ1v) is 10.3. The second-order valence-corrected chi connectivity index (χ2v) is 7.36. The van der Waals surface area contributed by atoms with Crippen LogP contribution in [0.1, 0.15) is 37.0 Å². The van der Waals surface area contributed by atoms with E-state index in [2.05, 4.69) is 0 Å². The van der Waals surface area contributed by atoms with Crippen LogP contribution in [0.5, 0.6) is 0 Å². The van der Waals surface area contributed by atoms with Crippen molar-refractivity contribution in [2.75, 3.05) is 11.4 Å². The SMILES string of the molecule is C/C=C\C(=C/CC)C(N)C(=O)N(CCc1ccc(C(F)(F)F)cc1)c1ccc(C)cc1. The Morgan fingerprint density at radius 2 is 1.71 bits per heavy atom. The first-order valence-electron chi connectivity index (χ1n) is 10.3. The number of hydrogen-bond donors (Lipinski definition) is 1. The first-order chi connectivity index (χ1) is 14.7. The number of carbonyl (C=O) groups excluding carboxylic acids is 1. The van der Waals surface area contributed by atoms with Gasteiger partial charge in [0, 0.05) is 12.2 Å². The number of aryl methyl sites for hydroxylation is 1. The molecule has 31 heavy (non-hydrogen) atoms. The second kappa shape index (κ2) is 11.0. The molecule has 0 aromatic heterocycles. The Morgan fingerprint density at radius 3 is 2.23 bits per heavy atom. The lowest BCUT2D eigenvalue weighted by molar-refractivity contribution is -0.137. The van der Waals surface area contributed by atoms with Gasteiger partial charge in [0.1, 0.15) is 6.04 Å². The fourth-order valence-corrected chi connectivity index (χ4v) is 3.23. The normalized spacial score (nSPS) is 13.5. The van der Waals surface area contributed by atoms with Crippen molar-refractivity contribution in [1.29, 1.82) is 0 Å². The van der Waals surface area contributed by atoms with Crippen molar-refractivity contribution >= 4 is 11.6 Å². The van der Waals surface area contributed by atoms with E-state index in [0.29, 0.717) is 24.2 Å². The van der Waals surface area contributed by atoms with Crippen molar-refractivity contribution in [3.63, 3.8) is 0 Å². The number of rotatable bonds is 8. The van der Waals surface area contributed by atoms with E-state index >= 15 is 0 Å². The summed E-state index contributed by atoms with van der Waals surface area (Å²) in [5, 5.41) is 0. The highest BCUT2D eigenvalue weighted by molar-refractivity contribution is 5.99.